The van der Waals surface area contributed by atoms with Crippen LogP contribution in [0, 0.1) is 5.92 Å². The van der Waals surface area contributed by atoms with Crippen LogP contribution in [0.25, 0.3) is 0 Å². The van der Waals surface area contributed by atoms with Crippen LogP contribution in [-0.2, 0) is 21.4 Å². The van der Waals surface area contributed by atoms with Gasteiger partial charge in [0, 0.05) is 25.1 Å². The van der Waals surface area contributed by atoms with Crippen LogP contribution >= 0.6 is 23.2 Å². The van der Waals surface area contributed by atoms with Gasteiger partial charge in [0.25, 0.3) is 0 Å². The molecule has 2 heterocycles. The lowest BCUT2D eigenvalue weighted by molar-refractivity contribution is -0.121. The predicted octanol–water partition coefficient (Wildman–Crippen LogP) is 4.28. The van der Waals surface area contributed by atoms with Crippen LogP contribution < -0.4 is 5.32 Å². The lowest BCUT2D eigenvalue weighted by Gasteiger charge is -2.31. The first-order valence-electron chi connectivity index (χ1n) is 10.2. The number of hydrogen-bond acceptors (Lipinski definition) is 4. The lowest BCUT2D eigenvalue weighted by atomic mass is 9.97. The smallest absolute Gasteiger partial charge is 0.246 e. The highest BCUT2D eigenvalue weighted by molar-refractivity contribution is 7.89. The zero-order valence-electron chi connectivity index (χ0n) is 17.1. The summed E-state index contributed by atoms with van der Waals surface area (Å²) in [6, 6.07) is 16.2. The monoisotopic (exact) mass is 492 g/mol. The molecule has 1 saturated heterocycles. The van der Waals surface area contributed by atoms with E-state index in [1.807, 2.05) is 30.3 Å². The maximum absolute atomic E-state index is 13.0. The third-order valence-corrected chi connectivity index (χ3v) is 8.34. The first-order chi connectivity index (χ1) is 15.4. The Bertz CT molecular complexity index is 1190. The number of anilines is 1. The van der Waals surface area contributed by atoms with Crippen molar-refractivity contribution in [3.8, 4) is 0 Å². The number of aromatic nitrogens is 2. The van der Waals surface area contributed by atoms with E-state index < -0.39 is 10.0 Å². The molecule has 0 saturated carbocycles. The summed E-state index contributed by atoms with van der Waals surface area (Å²) >= 11 is 12.2. The van der Waals surface area contributed by atoms with Gasteiger partial charge in [-0.25, -0.2) is 13.1 Å². The average molecular weight is 493 g/mol. The highest BCUT2D eigenvalue weighted by Gasteiger charge is 2.34. The number of amides is 1. The molecule has 1 fully saturated rings. The van der Waals surface area contributed by atoms with Gasteiger partial charge in [-0.3, -0.25) is 4.79 Å². The molecule has 0 spiro atoms. The number of sulfonamides is 1. The van der Waals surface area contributed by atoms with Gasteiger partial charge in [-0.15, -0.1) is 0 Å². The fourth-order valence-electron chi connectivity index (χ4n) is 3.77. The molecule has 32 heavy (non-hydrogen) atoms. The van der Waals surface area contributed by atoms with Gasteiger partial charge in [0.05, 0.1) is 22.8 Å². The van der Waals surface area contributed by atoms with Gasteiger partial charge in [0.1, 0.15) is 10.7 Å². The van der Waals surface area contributed by atoms with E-state index in [9.17, 15) is 13.2 Å². The largest absolute Gasteiger partial charge is 0.311 e. The molecule has 4 rings (SSSR count). The topological polar surface area (TPSA) is 84.3 Å². The van der Waals surface area contributed by atoms with Crippen molar-refractivity contribution in [3.63, 3.8) is 0 Å². The molecule has 2 aromatic carbocycles. The summed E-state index contributed by atoms with van der Waals surface area (Å²) in [4.78, 5) is 12.8. The Kier molecular flexibility index (Phi) is 6.85. The van der Waals surface area contributed by atoms with Crippen LogP contribution in [0.4, 0.5) is 5.82 Å². The van der Waals surface area contributed by atoms with Crippen molar-refractivity contribution in [2.75, 3.05) is 18.4 Å². The molecule has 0 atom stereocenters. The SMILES string of the molecule is O=C(Nc1ccnn1Cc1ccccc1)C1CCN(S(=O)(=O)c2c(Cl)cccc2Cl)CC1. The van der Waals surface area contributed by atoms with Gasteiger partial charge in [0.15, 0.2) is 0 Å². The van der Waals surface area contributed by atoms with Gasteiger partial charge < -0.3 is 5.32 Å². The summed E-state index contributed by atoms with van der Waals surface area (Å²) in [6.45, 7) is 0.967. The third kappa shape index (κ3) is 4.83. The minimum absolute atomic E-state index is 0.0870. The van der Waals surface area contributed by atoms with Crippen LogP contribution in [0.5, 0.6) is 0 Å². The van der Waals surface area contributed by atoms with Crippen molar-refractivity contribution >= 4 is 45.0 Å². The molecular weight excluding hydrogens is 471 g/mol. The van der Waals surface area contributed by atoms with Crippen molar-refractivity contribution in [3.05, 3.63) is 76.4 Å². The molecule has 0 radical (unpaired) electrons. The Morgan fingerprint density at radius 3 is 2.31 bits per heavy atom. The first kappa shape index (κ1) is 22.8. The van der Waals surface area contributed by atoms with Crippen LogP contribution in [0.15, 0.2) is 65.7 Å². The molecule has 168 valence electrons. The molecule has 1 amide bonds. The fourth-order valence-corrected chi connectivity index (χ4v) is 6.33. The minimum atomic E-state index is -3.84. The summed E-state index contributed by atoms with van der Waals surface area (Å²) in [5, 5.41) is 7.40. The zero-order chi connectivity index (χ0) is 22.7. The zero-order valence-corrected chi connectivity index (χ0v) is 19.4. The Morgan fingerprint density at radius 1 is 1.00 bits per heavy atom. The molecule has 1 aromatic heterocycles. The van der Waals surface area contributed by atoms with Crippen LogP contribution in [0.2, 0.25) is 10.0 Å². The van der Waals surface area contributed by atoms with Crippen LogP contribution in [0.1, 0.15) is 18.4 Å². The summed E-state index contributed by atoms with van der Waals surface area (Å²) in [7, 11) is -3.84. The first-order valence-corrected chi connectivity index (χ1v) is 12.4. The summed E-state index contributed by atoms with van der Waals surface area (Å²) in [5.41, 5.74) is 1.07. The normalized spacial score (nSPS) is 15.6. The van der Waals surface area contributed by atoms with Crippen molar-refractivity contribution in [2.45, 2.75) is 24.3 Å². The van der Waals surface area contributed by atoms with E-state index in [4.69, 9.17) is 23.2 Å². The molecule has 0 aliphatic carbocycles. The minimum Gasteiger partial charge on any atom is -0.311 e. The molecule has 1 N–H and O–H groups in total. The van der Waals surface area contributed by atoms with Gasteiger partial charge in [-0.1, -0.05) is 59.6 Å². The van der Waals surface area contributed by atoms with Crippen molar-refractivity contribution in [1.82, 2.24) is 14.1 Å². The number of benzene rings is 2. The quantitative estimate of drug-likeness (QED) is 0.556. The van der Waals surface area contributed by atoms with Crippen LogP contribution in [0.3, 0.4) is 0 Å². The lowest BCUT2D eigenvalue weighted by Crippen LogP contribution is -2.41. The highest BCUT2D eigenvalue weighted by atomic mass is 35.5. The molecule has 1 aliphatic heterocycles. The van der Waals surface area contributed by atoms with Crippen molar-refractivity contribution in [2.24, 2.45) is 5.92 Å². The van der Waals surface area contributed by atoms with Gasteiger partial charge in [-0.05, 0) is 30.5 Å². The number of piperidine rings is 1. The summed E-state index contributed by atoms with van der Waals surface area (Å²) < 4.78 is 29.1. The van der Waals surface area contributed by atoms with E-state index in [0.29, 0.717) is 25.2 Å². The van der Waals surface area contributed by atoms with Gasteiger partial charge in [0.2, 0.25) is 15.9 Å². The molecule has 10 heteroatoms. The average Bonchev–Trinajstić information content (AvgIpc) is 3.20. The maximum atomic E-state index is 13.0. The molecule has 3 aromatic rings. The summed E-state index contributed by atoms with van der Waals surface area (Å²) in [5.74, 6) is 0.160. The maximum Gasteiger partial charge on any atom is 0.246 e. The predicted molar refractivity (Wildman–Crippen MR) is 124 cm³/mol. The Morgan fingerprint density at radius 2 is 1.66 bits per heavy atom. The molecular formula is C22H22Cl2N4O3S. The molecule has 0 bridgehead atoms. The second-order valence-electron chi connectivity index (χ2n) is 7.58. The number of halogens is 2. The number of carbonyl (C=O) groups is 1. The van der Waals surface area contributed by atoms with Crippen molar-refractivity contribution < 1.29 is 13.2 Å². The van der Waals surface area contributed by atoms with E-state index in [1.54, 1.807) is 23.0 Å². The number of carbonyl (C=O) groups excluding carboxylic acids is 1. The fraction of sp³-hybridized carbons (Fsp3) is 0.273. The van der Waals surface area contributed by atoms with E-state index in [2.05, 4.69) is 10.4 Å². The number of hydrogen-bond donors (Lipinski definition) is 1. The standard InChI is InChI=1S/C22H22Cl2N4O3S/c23-18-7-4-8-19(24)21(18)32(30,31)27-13-10-17(11-14-27)22(29)26-20-9-12-25-28(20)15-16-5-2-1-3-6-16/h1-9,12,17H,10-11,13-15H2,(H,26,29). The number of nitrogens with zero attached hydrogens (tertiary/aromatic N) is 3. The second-order valence-corrected chi connectivity index (χ2v) is 10.3. The third-order valence-electron chi connectivity index (χ3n) is 5.48. The van der Waals surface area contributed by atoms with E-state index in [1.165, 1.54) is 16.4 Å². The molecule has 1 aliphatic rings. The Labute approximate surface area is 197 Å². The molecule has 0 unspecified atom stereocenters. The summed E-state index contributed by atoms with van der Waals surface area (Å²) in [6.07, 6.45) is 2.45. The highest BCUT2D eigenvalue weighted by Crippen LogP contribution is 2.33. The number of rotatable bonds is 6. The van der Waals surface area contributed by atoms with E-state index in [-0.39, 0.29) is 39.9 Å². The Hall–Kier alpha value is -2.39. The van der Waals surface area contributed by atoms with E-state index in [0.717, 1.165) is 5.56 Å². The van der Waals surface area contributed by atoms with Gasteiger partial charge in [-0.2, -0.15) is 9.40 Å². The Balaban J connectivity index is 1.39. The number of nitrogens with one attached hydrogen (secondary N) is 1. The second kappa shape index (κ2) is 9.62. The van der Waals surface area contributed by atoms with Crippen LogP contribution in [-0.4, -0.2) is 41.5 Å². The van der Waals surface area contributed by atoms with Crippen molar-refractivity contribution in [1.29, 1.82) is 0 Å². The van der Waals surface area contributed by atoms with E-state index >= 15 is 0 Å². The molecule has 7 nitrogen and oxygen atoms in total. The van der Waals surface area contributed by atoms with Gasteiger partial charge >= 0.3 is 0 Å².